The fourth-order valence-corrected chi connectivity index (χ4v) is 4.65. The molecule has 0 aliphatic rings. The lowest BCUT2D eigenvalue weighted by Crippen LogP contribution is -2.29. The molecule has 3 aromatic rings. The molecule has 0 saturated carbocycles. The molecule has 2 aromatic heterocycles. The molecule has 26 heavy (non-hydrogen) atoms. The van der Waals surface area contributed by atoms with Crippen LogP contribution in [-0.4, -0.2) is 30.7 Å². The Balaban J connectivity index is 1.53. The fraction of sp³-hybridized carbons (Fsp3) is 0.263. The number of benzene rings is 1. The molecule has 0 spiro atoms. The minimum absolute atomic E-state index is 0.0951. The van der Waals surface area contributed by atoms with Crippen LogP contribution >= 0.6 is 11.3 Å². The first-order chi connectivity index (χ1) is 12.5. The van der Waals surface area contributed by atoms with Crippen molar-refractivity contribution in [2.75, 3.05) is 12.3 Å². The number of thiazole rings is 1. The normalized spacial score (nSPS) is 11.6. The third kappa shape index (κ3) is 5.20. The minimum atomic E-state index is -3.29. The first kappa shape index (κ1) is 18.7. The predicted octanol–water partition coefficient (Wildman–Crippen LogP) is 3.22. The van der Waals surface area contributed by atoms with E-state index >= 15 is 0 Å². The molecule has 0 bridgehead atoms. The summed E-state index contributed by atoms with van der Waals surface area (Å²) in [5, 5.41) is 0.866. The number of aromatic nitrogens is 2. The average Bonchev–Trinajstić information content (AvgIpc) is 3.02. The van der Waals surface area contributed by atoms with Gasteiger partial charge in [0.05, 0.1) is 17.1 Å². The molecule has 0 unspecified atom stereocenters. The SMILES string of the molecule is Cc1nc(-c2ccccn2)sc1CCNS(=O)(=O)CCc1ccccc1. The summed E-state index contributed by atoms with van der Waals surface area (Å²) in [6.07, 6.45) is 2.88. The Morgan fingerprint density at radius 2 is 1.81 bits per heavy atom. The lowest BCUT2D eigenvalue weighted by molar-refractivity contribution is 0.581. The van der Waals surface area contributed by atoms with Crippen LogP contribution in [-0.2, 0) is 22.9 Å². The summed E-state index contributed by atoms with van der Waals surface area (Å²) in [7, 11) is -3.29. The molecule has 0 atom stereocenters. The van der Waals surface area contributed by atoms with Gasteiger partial charge in [-0.3, -0.25) is 4.98 Å². The Labute approximate surface area is 158 Å². The van der Waals surface area contributed by atoms with Gasteiger partial charge in [0.25, 0.3) is 0 Å². The van der Waals surface area contributed by atoms with Crippen molar-refractivity contribution in [2.24, 2.45) is 0 Å². The Morgan fingerprint density at radius 1 is 1.04 bits per heavy atom. The standard InChI is InChI=1S/C19H21N3O2S2/c1-15-18(25-19(22-15)17-9-5-6-12-20-17)10-13-21-26(23,24)14-11-16-7-3-2-4-8-16/h2-9,12,21H,10-11,13-14H2,1H3. The van der Waals surface area contributed by atoms with E-state index in [1.165, 1.54) is 0 Å². The number of nitrogens with one attached hydrogen (secondary N) is 1. The summed E-state index contributed by atoms with van der Waals surface area (Å²) in [6.45, 7) is 2.32. The average molecular weight is 388 g/mol. The van der Waals surface area contributed by atoms with E-state index in [4.69, 9.17) is 0 Å². The highest BCUT2D eigenvalue weighted by Crippen LogP contribution is 2.26. The maximum atomic E-state index is 12.2. The van der Waals surface area contributed by atoms with Gasteiger partial charge in [-0.25, -0.2) is 18.1 Å². The van der Waals surface area contributed by atoms with Crippen LogP contribution in [0.15, 0.2) is 54.7 Å². The quantitative estimate of drug-likeness (QED) is 0.644. The van der Waals surface area contributed by atoms with E-state index in [1.54, 1.807) is 17.5 Å². The molecule has 0 aliphatic carbocycles. The highest BCUT2D eigenvalue weighted by Gasteiger charge is 2.13. The summed E-state index contributed by atoms with van der Waals surface area (Å²) < 4.78 is 27.0. The molecule has 3 rings (SSSR count). The minimum Gasteiger partial charge on any atom is -0.254 e. The van der Waals surface area contributed by atoms with Crippen LogP contribution in [0.3, 0.4) is 0 Å². The van der Waals surface area contributed by atoms with Gasteiger partial charge < -0.3 is 0 Å². The molecule has 0 saturated heterocycles. The molecule has 1 N–H and O–H groups in total. The Morgan fingerprint density at radius 3 is 2.54 bits per heavy atom. The third-order valence-corrected chi connectivity index (χ3v) is 6.58. The van der Waals surface area contributed by atoms with Crippen LogP contribution in [0.4, 0.5) is 0 Å². The third-order valence-electron chi connectivity index (χ3n) is 3.95. The molecule has 0 amide bonds. The van der Waals surface area contributed by atoms with E-state index in [9.17, 15) is 8.42 Å². The van der Waals surface area contributed by atoms with Crippen LogP contribution in [0.25, 0.3) is 10.7 Å². The largest absolute Gasteiger partial charge is 0.254 e. The van der Waals surface area contributed by atoms with E-state index in [0.29, 0.717) is 19.4 Å². The van der Waals surface area contributed by atoms with E-state index in [2.05, 4.69) is 14.7 Å². The second kappa shape index (κ2) is 8.53. The van der Waals surface area contributed by atoms with Crippen LogP contribution in [0.5, 0.6) is 0 Å². The lowest BCUT2D eigenvalue weighted by atomic mass is 10.2. The van der Waals surface area contributed by atoms with Crippen molar-refractivity contribution in [3.63, 3.8) is 0 Å². The predicted molar refractivity (Wildman–Crippen MR) is 106 cm³/mol. The molecule has 1 aromatic carbocycles. The van der Waals surface area contributed by atoms with Crippen molar-refractivity contribution >= 4 is 21.4 Å². The molecule has 0 aliphatic heterocycles. The van der Waals surface area contributed by atoms with Crippen LogP contribution in [0, 0.1) is 6.92 Å². The summed E-state index contributed by atoms with van der Waals surface area (Å²) in [6, 6.07) is 15.4. The number of nitrogens with zero attached hydrogens (tertiary/aromatic N) is 2. The Kier molecular flexibility index (Phi) is 6.13. The van der Waals surface area contributed by atoms with Crippen LogP contribution < -0.4 is 4.72 Å². The number of hydrogen-bond acceptors (Lipinski definition) is 5. The summed E-state index contributed by atoms with van der Waals surface area (Å²) in [5.74, 6) is 0.0951. The molecular formula is C19H21N3O2S2. The van der Waals surface area contributed by atoms with E-state index in [0.717, 1.165) is 26.8 Å². The molecule has 7 heteroatoms. The zero-order valence-corrected chi connectivity index (χ0v) is 16.2. The Hall–Kier alpha value is -2.09. The van der Waals surface area contributed by atoms with Gasteiger partial charge >= 0.3 is 0 Å². The molecule has 5 nitrogen and oxygen atoms in total. The lowest BCUT2D eigenvalue weighted by Gasteiger charge is -2.06. The van der Waals surface area contributed by atoms with Gasteiger partial charge in [-0.1, -0.05) is 36.4 Å². The maximum Gasteiger partial charge on any atom is 0.211 e. The van der Waals surface area contributed by atoms with Gasteiger partial charge in [-0.2, -0.15) is 0 Å². The summed E-state index contributed by atoms with van der Waals surface area (Å²) >= 11 is 1.56. The van der Waals surface area contributed by atoms with Crippen molar-refractivity contribution in [1.29, 1.82) is 0 Å². The number of hydrogen-bond donors (Lipinski definition) is 1. The van der Waals surface area contributed by atoms with Gasteiger partial charge in [0.15, 0.2) is 0 Å². The molecule has 0 fully saturated rings. The summed E-state index contributed by atoms with van der Waals surface area (Å²) in [5.41, 5.74) is 2.80. The zero-order chi connectivity index (χ0) is 18.4. The second-order valence-electron chi connectivity index (χ2n) is 5.94. The van der Waals surface area contributed by atoms with E-state index in [1.807, 2.05) is 55.5 Å². The smallest absolute Gasteiger partial charge is 0.211 e. The van der Waals surface area contributed by atoms with Crippen molar-refractivity contribution in [3.05, 3.63) is 70.9 Å². The van der Waals surface area contributed by atoms with Crippen molar-refractivity contribution in [1.82, 2.24) is 14.7 Å². The number of pyridine rings is 1. The van der Waals surface area contributed by atoms with Crippen molar-refractivity contribution in [2.45, 2.75) is 19.8 Å². The molecular weight excluding hydrogens is 366 g/mol. The second-order valence-corrected chi connectivity index (χ2v) is 8.95. The Bertz CT molecular complexity index is 939. The molecule has 2 heterocycles. The summed E-state index contributed by atoms with van der Waals surface area (Å²) in [4.78, 5) is 9.94. The van der Waals surface area contributed by atoms with Gasteiger partial charge in [-0.05, 0) is 37.5 Å². The first-order valence-corrected chi connectivity index (χ1v) is 10.9. The zero-order valence-electron chi connectivity index (χ0n) is 14.6. The molecule has 136 valence electrons. The van der Waals surface area contributed by atoms with Crippen LogP contribution in [0.1, 0.15) is 16.1 Å². The highest BCUT2D eigenvalue weighted by atomic mass is 32.2. The van der Waals surface area contributed by atoms with E-state index in [-0.39, 0.29) is 5.75 Å². The van der Waals surface area contributed by atoms with Crippen LogP contribution in [0.2, 0.25) is 0 Å². The van der Waals surface area contributed by atoms with Crippen molar-refractivity contribution in [3.8, 4) is 10.7 Å². The highest BCUT2D eigenvalue weighted by molar-refractivity contribution is 7.89. The number of sulfonamides is 1. The number of aryl methyl sites for hydroxylation is 2. The van der Waals surface area contributed by atoms with Gasteiger partial charge in [-0.15, -0.1) is 11.3 Å². The number of rotatable bonds is 8. The maximum absolute atomic E-state index is 12.2. The van der Waals surface area contributed by atoms with Gasteiger partial charge in [0, 0.05) is 17.6 Å². The molecule has 0 radical (unpaired) electrons. The monoisotopic (exact) mass is 387 g/mol. The first-order valence-electron chi connectivity index (χ1n) is 8.42. The van der Waals surface area contributed by atoms with E-state index < -0.39 is 10.0 Å². The topological polar surface area (TPSA) is 72.0 Å². The van der Waals surface area contributed by atoms with Gasteiger partial charge in [0.2, 0.25) is 10.0 Å². The van der Waals surface area contributed by atoms with Crippen molar-refractivity contribution < 1.29 is 8.42 Å². The van der Waals surface area contributed by atoms with Gasteiger partial charge in [0.1, 0.15) is 5.01 Å². The fourth-order valence-electron chi connectivity index (χ4n) is 2.55.